The van der Waals surface area contributed by atoms with Crippen LogP contribution in [0.5, 0.6) is 5.75 Å². The van der Waals surface area contributed by atoms with Crippen molar-refractivity contribution < 1.29 is 23.8 Å². The summed E-state index contributed by atoms with van der Waals surface area (Å²) < 4.78 is 23.0. The van der Waals surface area contributed by atoms with E-state index in [9.17, 15) is 9.18 Å². The summed E-state index contributed by atoms with van der Waals surface area (Å²) >= 11 is 0. The van der Waals surface area contributed by atoms with Gasteiger partial charge in [0.05, 0.1) is 6.61 Å². The number of carboxylic acids is 1. The van der Waals surface area contributed by atoms with Gasteiger partial charge in [-0.05, 0) is 18.2 Å². The van der Waals surface area contributed by atoms with Crippen LogP contribution in [0.1, 0.15) is 12.5 Å². The molecule has 1 N–H and O–H groups in total. The SMILES string of the molecule is CC1(C(=O)O)OCc2cc(F)ccc2O1. The lowest BCUT2D eigenvalue weighted by atomic mass is 10.1. The van der Waals surface area contributed by atoms with Crippen LogP contribution in [0.4, 0.5) is 4.39 Å². The first-order valence-electron chi connectivity index (χ1n) is 4.36. The molecule has 15 heavy (non-hydrogen) atoms. The molecule has 80 valence electrons. The molecule has 0 saturated heterocycles. The Bertz CT molecular complexity index is 418. The van der Waals surface area contributed by atoms with E-state index < -0.39 is 17.6 Å². The molecular formula is C10H9FO4. The van der Waals surface area contributed by atoms with Gasteiger partial charge >= 0.3 is 11.8 Å². The zero-order valence-corrected chi connectivity index (χ0v) is 7.99. The fraction of sp³-hybridized carbons (Fsp3) is 0.300. The lowest BCUT2D eigenvalue weighted by Crippen LogP contribution is -2.46. The van der Waals surface area contributed by atoms with Crippen LogP contribution in [0.2, 0.25) is 0 Å². The number of carbonyl (C=O) groups is 1. The maximum absolute atomic E-state index is 12.8. The van der Waals surface area contributed by atoms with Gasteiger partial charge in [-0.2, -0.15) is 0 Å². The smallest absolute Gasteiger partial charge is 0.376 e. The number of ether oxygens (including phenoxy) is 2. The van der Waals surface area contributed by atoms with Gasteiger partial charge in [0.15, 0.2) is 0 Å². The molecule has 0 bridgehead atoms. The summed E-state index contributed by atoms with van der Waals surface area (Å²) in [7, 11) is 0. The Labute approximate surface area is 85.2 Å². The van der Waals surface area contributed by atoms with Crippen molar-refractivity contribution in [2.45, 2.75) is 19.3 Å². The molecule has 2 rings (SSSR count). The Morgan fingerprint density at radius 1 is 1.60 bits per heavy atom. The first-order chi connectivity index (χ1) is 7.01. The van der Waals surface area contributed by atoms with Gasteiger partial charge in [-0.25, -0.2) is 9.18 Å². The predicted molar refractivity (Wildman–Crippen MR) is 47.9 cm³/mol. The van der Waals surface area contributed by atoms with Gasteiger partial charge in [0, 0.05) is 12.5 Å². The average Bonchev–Trinajstić information content (AvgIpc) is 2.18. The summed E-state index contributed by atoms with van der Waals surface area (Å²) in [5, 5.41) is 8.85. The van der Waals surface area contributed by atoms with E-state index in [2.05, 4.69) is 0 Å². The van der Waals surface area contributed by atoms with E-state index in [-0.39, 0.29) is 6.61 Å². The van der Waals surface area contributed by atoms with Crippen molar-refractivity contribution in [3.8, 4) is 5.75 Å². The maximum atomic E-state index is 12.8. The first-order valence-corrected chi connectivity index (χ1v) is 4.36. The Hall–Kier alpha value is -1.62. The molecule has 1 aliphatic rings. The standard InChI is InChI=1S/C10H9FO4/c1-10(9(12)13)14-5-6-4-7(11)2-3-8(6)15-10/h2-4H,5H2,1H3,(H,12,13). The number of hydrogen-bond donors (Lipinski definition) is 1. The Kier molecular flexibility index (Phi) is 2.12. The zero-order chi connectivity index (χ0) is 11.1. The minimum absolute atomic E-state index is 0.0237. The summed E-state index contributed by atoms with van der Waals surface area (Å²) in [5.41, 5.74) is 0.508. The van der Waals surface area contributed by atoms with E-state index in [0.717, 1.165) is 0 Å². The van der Waals surface area contributed by atoms with Crippen LogP contribution in [0, 0.1) is 5.82 Å². The predicted octanol–water partition coefficient (Wildman–Crippen LogP) is 1.54. The number of rotatable bonds is 1. The lowest BCUT2D eigenvalue weighted by Gasteiger charge is -2.31. The van der Waals surface area contributed by atoms with Crippen LogP contribution in [-0.4, -0.2) is 16.9 Å². The van der Waals surface area contributed by atoms with E-state index in [0.29, 0.717) is 11.3 Å². The molecule has 0 saturated carbocycles. The van der Waals surface area contributed by atoms with Gasteiger partial charge in [-0.15, -0.1) is 0 Å². The van der Waals surface area contributed by atoms with Gasteiger partial charge in [0.2, 0.25) is 0 Å². The second-order valence-electron chi connectivity index (χ2n) is 3.39. The fourth-order valence-electron chi connectivity index (χ4n) is 1.32. The summed E-state index contributed by atoms with van der Waals surface area (Å²) in [6.07, 6.45) is 0. The van der Waals surface area contributed by atoms with Crippen molar-refractivity contribution in [2.75, 3.05) is 0 Å². The molecule has 0 amide bonds. The molecule has 1 atom stereocenters. The second kappa shape index (κ2) is 3.20. The molecule has 0 aliphatic carbocycles. The van der Waals surface area contributed by atoms with Gasteiger partial charge in [0.25, 0.3) is 0 Å². The fourth-order valence-corrected chi connectivity index (χ4v) is 1.32. The van der Waals surface area contributed by atoms with Crippen molar-refractivity contribution in [2.24, 2.45) is 0 Å². The molecule has 0 aromatic heterocycles. The van der Waals surface area contributed by atoms with Crippen LogP contribution in [0.15, 0.2) is 18.2 Å². The average molecular weight is 212 g/mol. The molecule has 0 spiro atoms. The highest BCUT2D eigenvalue weighted by molar-refractivity contribution is 5.76. The topological polar surface area (TPSA) is 55.8 Å². The molecule has 1 aromatic carbocycles. The Morgan fingerprint density at radius 2 is 2.33 bits per heavy atom. The first kappa shape index (κ1) is 9.92. The molecule has 1 aliphatic heterocycles. The van der Waals surface area contributed by atoms with E-state index in [4.69, 9.17) is 14.6 Å². The molecule has 1 heterocycles. The molecular weight excluding hydrogens is 203 g/mol. The summed E-state index contributed by atoms with van der Waals surface area (Å²) in [6, 6.07) is 3.87. The summed E-state index contributed by atoms with van der Waals surface area (Å²) in [5.74, 6) is -2.96. The van der Waals surface area contributed by atoms with E-state index in [1.807, 2.05) is 0 Å². The number of hydrogen-bond acceptors (Lipinski definition) is 3. The molecule has 4 nitrogen and oxygen atoms in total. The number of carboxylic acid groups (broad SMARTS) is 1. The normalized spacial score (nSPS) is 24.1. The highest BCUT2D eigenvalue weighted by atomic mass is 19.1. The van der Waals surface area contributed by atoms with Gasteiger partial charge in [0.1, 0.15) is 11.6 Å². The third-order valence-electron chi connectivity index (χ3n) is 2.22. The van der Waals surface area contributed by atoms with Crippen LogP contribution in [0.3, 0.4) is 0 Å². The number of halogens is 1. The summed E-state index contributed by atoms with van der Waals surface area (Å²) in [4.78, 5) is 10.8. The number of aliphatic carboxylic acids is 1. The highest BCUT2D eigenvalue weighted by Crippen LogP contribution is 2.31. The van der Waals surface area contributed by atoms with Gasteiger partial charge in [-0.1, -0.05) is 0 Å². The van der Waals surface area contributed by atoms with Crippen molar-refractivity contribution in [1.82, 2.24) is 0 Å². The Morgan fingerprint density at radius 3 is 3.00 bits per heavy atom. The van der Waals surface area contributed by atoms with Crippen LogP contribution >= 0.6 is 0 Å². The van der Waals surface area contributed by atoms with Crippen molar-refractivity contribution in [3.63, 3.8) is 0 Å². The minimum atomic E-state index is -1.69. The minimum Gasteiger partial charge on any atom is -0.476 e. The Balaban J connectivity index is 2.35. The van der Waals surface area contributed by atoms with E-state index in [1.54, 1.807) is 0 Å². The van der Waals surface area contributed by atoms with Crippen molar-refractivity contribution in [1.29, 1.82) is 0 Å². The maximum Gasteiger partial charge on any atom is 0.376 e. The highest BCUT2D eigenvalue weighted by Gasteiger charge is 2.40. The van der Waals surface area contributed by atoms with Crippen molar-refractivity contribution in [3.05, 3.63) is 29.6 Å². The zero-order valence-electron chi connectivity index (χ0n) is 7.99. The number of fused-ring (bicyclic) bond motifs is 1. The number of benzene rings is 1. The van der Waals surface area contributed by atoms with Crippen LogP contribution in [-0.2, 0) is 16.1 Å². The monoisotopic (exact) mass is 212 g/mol. The molecule has 1 unspecified atom stereocenters. The summed E-state index contributed by atoms with van der Waals surface area (Å²) in [6.45, 7) is 1.33. The largest absolute Gasteiger partial charge is 0.476 e. The van der Waals surface area contributed by atoms with Gasteiger partial charge in [-0.3, -0.25) is 0 Å². The van der Waals surface area contributed by atoms with E-state index in [1.165, 1.54) is 25.1 Å². The molecule has 5 heteroatoms. The van der Waals surface area contributed by atoms with Crippen LogP contribution in [0.25, 0.3) is 0 Å². The molecule has 0 fully saturated rings. The van der Waals surface area contributed by atoms with Gasteiger partial charge < -0.3 is 14.6 Å². The van der Waals surface area contributed by atoms with Crippen molar-refractivity contribution >= 4 is 5.97 Å². The third kappa shape index (κ3) is 1.66. The molecule has 1 aromatic rings. The van der Waals surface area contributed by atoms with Crippen LogP contribution < -0.4 is 4.74 Å². The quantitative estimate of drug-likeness (QED) is 0.767. The second-order valence-corrected chi connectivity index (χ2v) is 3.39. The molecule has 0 radical (unpaired) electrons. The third-order valence-corrected chi connectivity index (χ3v) is 2.22. The van der Waals surface area contributed by atoms with E-state index >= 15 is 0 Å². The lowest BCUT2D eigenvalue weighted by molar-refractivity contribution is -0.217.